The molecule has 0 fully saturated rings. The highest BCUT2D eigenvalue weighted by Crippen LogP contribution is 2.34. The van der Waals surface area contributed by atoms with E-state index in [1.165, 1.54) is 24.9 Å². The van der Waals surface area contributed by atoms with Crippen LogP contribution in [0.2, 0.25) is 0 Å². The van der Waals surface area contributed by atoms with Crippen molar-refractivity contribution in [2.45, 2.75) is 23.5 Å². The molecule has 1 unspecified atom stereocenters. The van der Waals surface area contributed by atoms with Gasteiger partial charge in [0.2, 0.25) is 5.52 Å². The fourth-order valence-corrected chi connectivity index (χ4v) is 2.69. The van der Waals surface area contributed by atoms with E-state index >= 15 is 0 Å². The molecule has 106 valence electrons. The molecule has 0 bridgehead atoms. The molecular weight excluding hydrogens is 286 g/mol. The van der Waals surface area contributed by atoms with Crippen LogP contribution in [0.25, 0.3) is 11.0 Å². The van der Waals surface area contributed by atoms with Crippen molar-refractivity contribution in [2.75, 3.05) is 7.11 Å². The fraction of sp³-hybridized carbons (Fsp3) is 0.364. The Morgan fingerprint density at radius 1 is 1.50 bits per heavy atom. The summed E-state index contributed by atoms with van der Waals surface area (Å²) in [5.41, 5.74) is 0.261. The predicted octanol–water partition coefficient (Wildman–Crippen LogP) is 2.17. The summed E-state index contributed by atoms with van der Waals surface area (Å²) in [6.45, 7) is 1.85. The molecule has 1 aromatic carbocycles. The van der Waals surface area contributed by atoms with Crippen molar-refractivity contribution in [2.24, 2.45) is 0 Å². The van der Waals surface area contributed by atoms with Crippen molar-refractivity contribution in [3.05, 3.63) is 22.2 Å². The lowest BCUT2D eigenvalue weighted by Gasteiger charge is -2.09. The Hall–Kier alpha value is -2.16. The van der Waals surface area contributed by atoms with Crippen LogP contribution in [0.1, 0.15) is 13.3 Å². The van der Waals surface area contributed by atoms with E-state index in [4.69, 9.17) is 0 Å². The van der Waals surface area contributed by atoms with Gasteiger partial charge in [0, 0.05) is 16.2 Å². The highest BCUT2D eigenvalue weighted by molar-refractivity contribution is 8.00. The molecular formula is C11H11N3O5S. The number of nitrogens with zero attached hydrogens (tertiary/aromatic N) is 3. The third kappa shape index (κ3) is 2.87. The number of esters is 1. The molecule has 8 nitrogen and oxygen atoms in total. The summed E-state index contributed by atoms with van der Waals surface area (Å²) in [5.74, 6) is -0.318. The molecule has 0 radical (unpaired) electrons. The molecule has 0 aliphatic rings. The van der Waals surface area contributed by atoms with Crippen LogP contribution in [0.4, 0.5) is 5.69 Å². The van der Waals surface area contributed by atoms with E-state index in [1.54, 1.807) is 6.07 Å². The Kier molecular flexibility index (Phi) is 4.18. The number of benzene rings is 1. The van der Waals surface area contributed by atoms with E-state index in [2.05, 4.69) is 19.7 Å². The minimum atomic E-state index is -0.543. The highest BCUT2D eigenvalue weighted by Gasteiger charge is 2.21. The molecule has 0 N–H and O–H groups in total. The van der Waals surface area contributed by atoms with E-state index < -0.39 is 4.92 Å². The number of hydrogen-bond donors (Lipinski definition) is 0. The van der Waals surface area contributed by atoms with Gasteiger partial charge in [0.25, 0.3) is 0 Å². The predicted molar refractivity (Wildman–Crippen MR) is 70.4 cm³/mol. The van der Waals surface area contributed by atoms with E-state index in [0.717, 1.165) is 0 Å². The van der Waals surface area contributed by atoms with Crippen molar-refractivity contribution in [3.63, 3.8) is 0 Å². The van der Waals surface area contributed by atoms with E-state index in [1.807, 2.05) is 6.92 Å². The molecule has 0 spiro atoms. The molecule has 9 heteroatoms. The lowest BCUT2D eigenvalue weighted by molar-refractivity contribution is -0.383. The summed E-state index contributed by atoms with van der Waals surface area (Å²) < 4.78 is 9.16. The lowest BCUT2D eigenvalue weighted by atomic mass is 10.3. The van der Waals surface area contributed by atoms with Crippen LogP contribution < -0.4 is 0 Å². The summed E-state index contributed by atoms with van der Waals surface area (Å²) in [6, 6.07) is 2.92. The summed E-state index contributed by atoms with van der Waals surface area (Å²) in [4.78, 5) is 22.2. The number of nitro benzene ring substituents is 1. The lowest BCUT2D eigenvalue weighted by Crippen LogP contribution is -2.08. The van der Waals surface area contributed by atoms with Gasteiger partial charge in [-0.3, -0.25) is 14.9 Å². The van der Waals surface area contributed by atoms with Crippen LogP contribution in [0, 0.1) is 10.1 Å². The Bertz CT molecular complexity index is 657. The second-order valence-electron chi connectivity index (χ2n) is 4.01. The quantitative estimate of drug-likeness (QED) is 0.357. The van der Waals surface area contributed by atoms with Gasteiger partial charge in [-0.1, -0.05) is 6.92 Å². The molecule has 20 heavy (non-hydrogen) atoms. The highest BCUT2D eigenvalue weighted by atomic mass is 32.2. The topological polar surface area (TPSA) is 108 Å². The van der Waals surface area contributed by atoms with Crippen molar-refractivity contribution < 1.29 is 19.1 Å². The first kappa shape index (κ1) is 14.3. The molecule has 2 aromatic rings. The van der Waals surface area contributed by atoms with Gasteiger partial charge in [0.05, 0.1) is 18.5 Å². The molecule has 2 rings (SSSR count). The van der Waals surface area contributed by atoms with Crippen LogP contribution in [0.5, 0.6) is 0 Å². The number of methoxy groups -OCH3 is 1. The third-order valence-electron chi connectivity index (χ3n) is 2.56. The average molecular weight is 297 g/mol. The van der Waals surface area contributed by atoms with Crippen LogP contribution in [0.15, 0.2) is 21.7 Å². The molecule has 0 aliphatic heterocycles. The first-order valence-corrected chi connectivity index (χ1v) is 6.54. The fourth-order valence-electron chi connectivity index (χ4n) is 1.65. The normalized spacial score (nSPS) is 12.3. The van der Waals surface area contributed by atoms with Crippen molar-refractivity contribution in [1.82, 2.24) is 10.3 Å². The van der Waals surface area contributed by atoms with Gasteiger partial charge >= 0.3 is 11.7 Å². The van der Waals surface area contributed by atoms with Gasteiger partial charge in [-0.25, -0.2) is 4.63 Å². The Labute approximate surface area is 117 Å². The second kappa shape index (κ2) is 5.87. The number of hydrogen-bond acceptors (Lipinski definition) is 8. The molecule has 1 atom stereocenters. The zero-order chi connectivity index (χ0) is 14.7. The zero-order valence-corrected chi connectivity index (χ0v) is 11.5. The molecule has 1 heterocycles. The summed E-state index contributed by atoms with van der Waals surface area (Å²) in [6.07, 6.45) is 0.227. The van der Waals surface area contributed by atoms with Gasteiger partial charge in [0.1, 0.15) is 0 Å². The minimum Gasteiger partial charge on any atom is -0.469 e. The van der Waals surface area contributed by atoms with E-state index in [9.17, 15) is 14.9 Å². The molecule has 0 amide bonds. The maximum atomic E-state index is 11.2. The SMILES string of the molecule is COC(=O)CC(C)Sc1ccc([N+](=O)[O-])c2nonc12. The molecule has 1 aromatic heterocycles. The first-order valence-electron chi connectivity index (χ1n) is 5.66. The standard InChI is InChI=1S/C11H11N3O5S/c1-6(5-9(15)18-2)20-8-4-3-7(14(16)17)10-11(8)13-19-12-10/h3-4,6H,5H2,1-2H3. The van der Waals surface area contributed by atoms with Crippen molar-refractivity contribution in [3.8, 4) is 0 Å². The van der Waals surface area contributed by atoms with Crippen molar-refractivity contribution in [1.29, 1.82) is 0 Å². The largest absolute Gasteiger partial charge is 0.469 e. The van der Waals surface area contributed by atoms with Crippen LogP contribution >= 0.6 is 11.8 Å². The number of nitro groups is 1. The first-order chi connectivity index (χ1) is 9.52. The average Bonchev–Trinajstić information content (AvgIpc) is 2.87. The second-order valence-corrected chi connectivity index (χ2v) is 5.49. The minimum absolute atomic E-state index is 0.0659. The van der Waals surface area contributed by atoms with Gasteiger partial charge in [-0.2, -0.15) is 0 Å². The van der Waals surface area contributed by atoms with Crippen molar-refractivity contribution >= 4 is 34.5 Å². The van der Waals surface area contributed by atoms with E-state index in [0.29, 0.717) is 10.4 Å². The Morgan fingerprint density at radius 2 is 2.20 bits per heavy atom. The maximum absolute atomic E-state index is 11.2. The van der Waals surface area contributed by atoms with Gasteiger partial charge < -0.3 is 4.74 Å². The third-order valence-corrected chi connectivity index (χ3v) is 3.72. The number of ether oxygens (including phenoxy) is 1. The summed E-state index contributed by atoms with van der Waals surface area (Å²) in [5, 5.41) is 18.0. The van der Waals surface area contributed by atoms with Crippen LogP contribution in [0.3, 0.4) is 0 Å². The number of thioether (sulfide) groups is 1. The van der Waals surface area contributed by atoms with Gasteiger partial charge in [-0.15, -0.1) is 11.8 Å². The zero-order valence-electron chi connectivity index (χ0n) is 10.7. The van der Waals surface area contributed by atoms with E-state index in [-0.39, 0.29) is 28.8 Å². The smallest absolute Gasteiger partial charge is 0.306 e. The number of rotatable bonds is 5. The molecule has 0 saturated carbocycles. The van der Waals surface area contributed by atoms with Crippen LogP contribution in [-0.2, 0) is 9.53 Å². The monoisotopic (exact) mass is 297 g/mol. The van der Waals surface area contributed by atoms with Gasteiger partial charge in [0.15, 0.2) is 5.52 Å². The molecule has 0 saturated heterocycles. The Morgan fingerprint density at radius 3 is 2.85 bits per heavy atom. The maximum Gasteiger partial charge on any atom is 0.306 e. The number of fused-ring (bicyclic) bond motifs is 1. The number of non-ortho nitro benzene ring substituents is 1. The molecule has 0 aliphatic carbocycles. The number of aromatic nitrogens is 2. The Balaban J connectivity index is 2.28. The van der Waals surface area contributed by atoms with Gasteiger partial charge in [-0.05, 0) is 16.4 Å². The summed E-state index contributed by atoms with van der Waals surface area (Å²) in [7, 11) is 1.32. The van der Waals surface area contributed by atoms with Crippen LogP contribution in [-0.4, -0.2) is 33.6 Å². The number of carbonyl (C=O) groups excluding carboxylic acids is 1. The number of carbonyl (C=O) groups is 1. The summed E-state index contributed by atoms with van der Waals surface area (Å²) >= 11 is 1.36.